The predicted octanol–water partition coefficient (Wildman–Crippen LogP) is 2.86. The molecule has 3 aromatic rings. The van der Waals surface area contributed by atoms with Crippen LogP contribution in [-0.4, -0.2) is 46.2 Å². The number of H-pyrrole nitrogens is 1. The van der Waals surface area contributed by atoms with E-state index in [-0.39, 0.29) is 23.7 Å². The SMILES string of the molecule is CCOC(=O)c1n[nH]nc1-c1ccc(OC)c(OC(C(=O)O)c2ccccc2)c1. The van der Waals surface area contributed by atoms with Crippen LogP contribution in [0.1, 0.15) is 29.1 Å². The maximum atomic E-state index is 12.1. The fourth-order valence-corrected chi connectivity index (χ4v) is 2.71. The van der Waals surface area contributed by atoms with Gasteiger partial charge in [0.05, 0.1) is 13.7 Å². The monoisotopic (exact) mass is 397 g/mol. The number of hydrogen-bond donors (Lipinski definition) is 2. The van der Waals surface area contributed by atoms with Crippen LogP contribution in [0, 0.1) is 0 Å². The molecule has 1 atom stereocenters. The normalized spacial score (nSPS) is 11.5. The molecule has 0 spiro atoms. The maximum Gasteiger partial charge on any atom is 0.361 e. The number of nitrogens with one attached hydrogen (secondary N) is 1. The lowest BCUT2D eigenvalue weighted by Crippen LogP contribution is -2.18. The number of carbonyl (C=O) groups excluding carboxylic acids is 1. The third-order valence-corrected chi connectivity index (χ3v) is 4.03. The van der Waals surface area contributed by atoms with Crippen LogP contribution < -0.4 is 9.47 Å². The number of carbonyl (C=O) groups is 2. The molecule has 0 bridgehead atoms. The first-order valence-corrected chi connectivity index (χ1v) is 8.75. The van der Waals surface area contributed by atoms with E-state index >= 15 is 0 Å². The number of carboxylic acid groups (broad SMARTS) is 1. The van der Waals surface area contributed by atoms with Gasteiger partial charge in [-0.15, -0.1) is 5.10 Å². The Bertz CT molecular complexity index is 1000. The molecule has 0 saturated heterocycles. The number of aliphatic carboxylic acids is 1. The van der Waals surface area contributed by atoms with Gasteiger partial charge in [0.1, 0.15) is 5.69 Å². The van der Waals surface area contributed by atoms with E-state index in [1.54, 1.807) is 49.4 Å². The van der Waals surface area contributed by atoms with E-state index in [0.29, 0.717) is 16.9 Å². The number of rotatable bonds is 8. The molecule has 150 valence electrons. The Balaban J connectivity index is 1.99. The Morgan fingerprint density at radius 3 is 2.52 bits per heavy atom. The molecule has 3 rings (SSSR count). The van der Waals surface area contributed by atoms with E-state index in [2.05, 4.69) is 15.4 Å². The smallest absolute Gasteiger partial charge is 0.361 e. The minimum Gasteiger partial charge on any atom is -0.493 e. The van der Waals surface area contributed by atoms with Crippen molar-refractivity contribution in [1.82, 2.24) is 15.4 Å². The van der Waals surface area contributed by atoms with Crippen LogP contribution >= 0.6 is 0 Å². The molecule has 0 amide bonds. The summed E-state index contributed by atoms with van der Waals surface area (Å²) in [5.41, 5.74) is 1.22. The summed E-state index contributed by atoms with van der Waals surface area (Å²) >= 11 is 0. The number of aromatic amines is 1. The molecular weight excluding hydrogens is 378 g/mol. The van der Waals surface area contributed by atoms with Crippen LogP contribution in [-0.2, 0) is 9.53 Å². The van der Waals surface area contributed by atoms with Gasteiger partial charge in [0.25, 0.3) is 0 Å². The number of hydrogen-bond acceptors (Lipinski definition) is 7. The number of methoxy groups -OCH3 is 1. The summed E-state index contributed by atoms with van der Waals surface area (Å²) < 4.78 is 16.1. The molecule has 9 heteroatoms. The highest BCUT2D eigenvalue weighted by molar-refractivity contribution is 5.94. The number of carboxylic acids is 1. The molecular formula is C20H19N3O6. The van der Waals surface area contributed by atoms with Crippen molar-refractivity contribution in [2.45, 2.75) is 13.0 Å². The summed E-state index contributed by atoms with van der Waals surface area (Å²) in [6.45, 7) is 1.88. The average Bonchev–Trinajstić information content (AvgIpc) is 3.22. The van der Waals surface area contributed by atoms with Gasteiger partial charge in [0.2, 0.25) is 6.10 Å². The summed E-state index contributed by atoms with van der Waals surface area (Å²) in [7, 11) is 1.44. The summed E-state index contributed by atoms with van der Waals surface area (Å²) in [4.78, 5) is 23.9. The van der Waals surface area contributed by atoms with Crippen LogP contribution in [0.15, 0.2) is 48.5 Å². The first-order chi connectivity index (χ1) is 14.0. The zero-order chi connectivity index (χ0) is 20.8. The fourth-order valence-electron chi connectivity index (χ4n) is 2.71. The topological polar surface area (TPSA) is 124 Å². The van der Waals surface area contributed by atoms with E-state index in [4.69, 9.17) is 14.2 Å². The minimum atomic E-state index is -1.25. The van der Waals surface area contributed by atoms with Gasteiger partial charge in [-0.3, -0.25) is 0 Å². The van der Waals surface area contributed by atoms with Crippen molar-refractivity contribution in [2.75, 3.05) is 13.7 Å². The molecule has 2 aromatic carbocycles. The van der Waals surface area contributed by atoms with Gasteiger partial charge >= 0.3 is 11.9 Å². The van der Waals surface area contributed by atoms with Gasteiger partial charge < -0.3 is 19.3 Å². The van der Waals surface area contributed by atoms with Crippen LogP contribution in [0.25, 0.3) is 11.3 Å². The van der Waals surface area contributed by atoms with Gasteiger partial charge in [-0.25, -0.2) is 9.59 Å². The van der Waals surface area contributed by atoms with Crippen LogP contribution in [0.2, 0.25) is 0 Å². The standard InChI is InChI=1S/C20H19N3O6/c1-3-28-20(26)17-16(21-23-22-17)13-9-10-14(27-2)15(11-13)29-18(19(24)25)12-7-5-4-6-8-12/h4-11,18H,3H2,1-2H3,(H,24,25)(H,21,22,23). The summed E-state index contributed by atoms with van der Waals surface area (Å²) in [6, 6.07) is 13.3. The van der Waals surface area contributed by atoms with E-state index in [0.717, 1.165) is 0 Å². The Labute approximate surface area is 166 Å². The fraction of sp³-hybridized carbons (Fsp3) is 0.200. The molecule has 0 aliphatic carbocycles. The molecule has 2 N–H and O–H groups in total. The van der Waals surface area contributed by atoms with Crippen LogP contribution in [0.4, 0.5) is 0 Å². The van der Waals surface area contributed by atoms with Crippen LogP contribution in [0.5, 0.6) is 11.5 Å². The number of benzene rings is 2. The third-order valence-electron chi connectivity index (χ3n) is 4.03. The van der Waals surface area contributed by atoms with Crippen molar-refractivity contribution >= 4 is 11.9 Å². The Hall–Kier alpha value is -3.88. The van der Waals surface area contributed by atoms with E-state index in [1.165, 1.54) is 13.2 Å². The molecule has 29 heavy (non-hydrogen) atoms. The number of nitrogens with zero attached hydrogens (tertiary/aromatic N) is 2. The predicted molar refractivity (Wildman–Crippen MR) is 102 cm³/mol. The molecule has 0 aliphatic rings. The molecule has 0 radical (unpaired) electrons. The van der Waals surface area contributed by atoms with Crippen molar-refractivity contribution in [3.63, 3.8) is 0 Å². The minimum absolute atomic E-state index is 0.0146. The highest BCUT2D eigenvalue weighted by atomic mass is 16.5. The Morgan fingerprint density at radius 1 is 1.10 bits per heavy atom. The first kappa shape index (κ1) is 19.9. The molecule has 0 saturated carbocycles. The van der Waals surface area contributed by atoms with E-state index < -0.39 is 18.0 Å². The number of ether oxygens (including phenoxy) is 3. The second kappa shape index (κ2) is 8.87. The Kier molecular flexibility index (Phi) is 6.08. The Morgan fingerprint density at radius 2 is 1.86 bits per heavy atom. The van der Waals surface area contributed by atoms with Gasteiger partial charge in [0, 0.05) is 11.1 Å². The van der Waals surface area contributed by atoms with E-state index in [1.807, 2.05) is 0 Å². The summed E-state index contributed by atoms with van der Waals surface area (Å²) in [5, 5.41) is 19.9. The average molecular weight is 397 g/mol. The highest BCUT2D eigenvalue weighted by Gasteiger charge is 2.25. The van der Waals surface area contributed by atoms with Gasteiger partial charge in [-0.1, -0.05) is 30.3 Å². The van der Waals surface area contributed by atoms with Gasteiger partial charge in [-0.2, -0.15) is 10.3 Å². The zero-order valence-electron chi connectivity index (χ0n) is 15.8. The van der Waals surface area contributed by atoms with Crippen molar-refractivity contribution < 1.29 is 28.9 Å². The van der Waals surface area contributed by atoms with Gasteiger partial charge in [0.15, 0.2) is 17.2 Å². The highest BCUT2D eigenvalue weighted by Crippen LogP contribution is 2.35. The lowest BCUT2D eigenvalue weighted by atomic mass is 10.1. The van der Waals surface area contributed by atoms with Crippen molar-refractivity contribution in [3.8, 4) is 22.8 Å². The van der Waals surface area contributed by atoms with Crippen molar-refractivity contribution in [1.29, 1.82) is 0 Å². The molecule has 1 unspecified atom stereocenters. The molecule has 1 aromatic heterocycles. The third kappa shape index (κ3) is 4.34. The van der Waals surface area contributed by atoms with Gasteiger partial charge in [-0.05, 0) is 25.1 Å². The maximum absolute atomic E-state index is 12.1. The second-order valence-corrected chi connectivity index (χ2v) is 5.85. The zero-order valence-corrected chi connectivity index (χ0v) is 15.8. The summed E-state index contributed by atoms with van der Waals surface area (Å²) in [6.07, 6.45) is -1.25. The second-order valence-electron chi connectivity index (χ2n) is 5.85. The molecule has 1 heterocycles. The molecule has 0 fully saturated rings. The largest absolute Gasteiger partial charge is 0.493 e. The lowest BCUT2D eigenvalue weighted by molar-refractivity contribution is -0.145. The molecule has 9 nitrogen and oxygen atoms in total. The quantitative estimate of drug-likeness (QED) is 0.556. The number of esters is 1. The van der Waals surface area contributed by atoms with E-state index in [9.17, 15) is 14.7 Å². The van der Waals surface area contributed by atoms with Crippen molar-refractivity contribution in [3.05, 3.63) is 59.8 Å². The number of aromatic nitrogens is 3. The summed E-state index contributed by atoms with van der Waals surface area (Å²) in [5.74, 6) is -1.27. The molecule has 0 aliphatic heterocycles. The van der Waals surface area contributed by atoms with Crippen LogP contribution in [0.3, 0.4) is 0 Å². The van der Waals surface area contributed by atoms with Crippen molar-refractivity contribution in [2.24, 2.45) is 0 Å². The lowest BCUT2D eigenvalue weighted by Gasteiger charge is -2.18. The first-order valence-electron chi connectivity index (χ1n) is 8.75.